The van der Waals surface area contributed by atoms with E-state index in [0.717, 1.165) is 14.4 Å². The van der Waals surface area contributed by atoms with E-state index in [1.54, 1.807) is 18.3 Å². The van der Waals surface area contributed by atoms with Gasteiger partial charge in [-0.15, -0.1) is 11.3 Å². The van der Waals surface area contributed by atoms with Crippen molar-refractivity contribution in [2.75, 3.05) is 5.43 Å². The number of hydrogen-bond acceptors (Lipinski definition) is 5. The Labute approximate surface area is 116 Å². The van der Waals surface area contributed by atoms with E-state index in [1.807, 2.05) is 19.1 Å². The third kappa shape index (κ3) is 3.27. The molecule has 7 heteroatoms. The van der Waals surface area contributed by atoms with E-state index in [0.29, 0.717) is 11.6 Å². The summed E-state index contributed by atoms with van der Waals surface area (Å²) in [6.07, 6.45) is 0. The van der Waals surface area contributed by atoms with Crippen LogP contribution in [-0.4, -0.2) is 15.7 Å². The fourth-order valence-corrected chi connectivity index (χ4v) is 2.66. The summed E-state index contributed by atoms with van der Waals surface area (Å²) in [5.74, 6) is 0.343. The second-order valence-corrected chi connectivity index (χ2v) is 6.11. The Balaban J connectivity index is 2.17. The van der Waals surface area contributed by atoms with Crippen molar-refractivity contribution in [1.82, 2.24) is 9.97 Å². The topological polar surface area (TPSA) is 70.1 Å². The molecule has 0 saturated carbocycles. The van der Waals surface area contributed by atoms with Gasteiger partial charge in [0.25, 0.3) is 5.56 Å². The minimum absolute atomic E-state index is 0.197. The molecule has 0 saturated heterocycles. The third-order valence-corrected chi connectivity index (χ3v) is 3.86. The summed E-state index contributed by atoms with van der Waals surface area (Å²) in [6, 6.07) is 5.37. The zero-order valence-electron chi connectivity index (χ0n) is 9.82. The van der Waals surface area contributed by atoms with Gasteiger partial charge in [0.1, 0.15) is 0 Å². The SMILES string of the molecule is C/C(=N/Nc1nc(C)cc(=O)[nH]1)c1ccc(Br)s1. The first-order valence-corrected chi connectivity index (χ1v) is 6.79. The summed E-state index contributed by atoms with van der Waals surface area (Å²) in [7, 11) is 0. The van der Waals surface area contributed by atoms with Gasteiger partial charge in [0.05, 0.1) is 14.4 Å². The Bertz CT molecular complexity index is 646. The lowest BCUT2D eigenvalue weighted by Crippen LogP contribution is -2.11. The third-order valence-electron chi connectivity index (χ3n) is 2.13. The molecule has 0 atom stereocenters. The van der Waals surface area contributed by atoms with Crippen LogP contribution >= 0.6 is 27.3 Å². The number of thiophene rings is 1. The molecule has 0 radical (unpaired) electrons. The van der Waals surface area contributed by atoms with Crippen LogP contribution in [0.1, 0.15) is 17.5 Å². The molecule has 18 heavy (non-hydrogen) atoms. The van der Waals surface area contributed by atoms with Crippen molar-refractivity contribution in [3.63, 3.8) is 0 Å². The van der Waals surface area contributed by atoms with Gasteiger partial charge in [-0.2, -0.15) is 5.10 Å². The molecule has 0 amide bonds. The molecule has 0 fully saturated rings. The summed E-state index contributed by atoms with van der Waals surface area (Å²) in [4.78, 5) is 19.0. The van der Waals surface area contributed by atoms with Crippen molar-refractivity contribution < 1.29 is 0 Å². The highest BCUT2D eigenvalue weighted by molar-refractivity contribution is 9.11. The lowest BCUT2D eigenvalue weighted by molar-refractivity contribution is 1.04. The minimum atomic E-state index is -0.197. The van der Waals surface area contributed by atoms with E-state index in [-0.39, 0.29) is 5.56 Å². The molecular weight excluding hydrogens is 316 g/mol. The average molecular weight is 327 g/mol. The number of aryl methyl sites for hydroxylation is 1. The number of aromatic amines is 1. The van der Waals surface area contributed by atoms with Gasteiger partial charge in [-0.1, -0.05) is 0 Å². The van der Waals surface area contributed by atoms with Crippen molar-refractivity contribution in [2.24, 2.45) is 5.10 Å². The summed E-state index contributed by atoms with van der Waals surface area (Å²) in [6.45, 7) is 3.65. The van der Waals surface area contributed by atoms with Crippen LogP contribution in [0.4, 0.5) is 5.95 Å². The predicted octanol–water partition coefficient (Wildman–Crippen LogP) is 2.74. The maximum absolute atomic E-state index is 11.2. The Morgan fingerprint density at radius 3 is 2.94 bits per heavy atom. The zero-order valence-corrected chi connectivity index (χ0v) is 12.2. The summed E-state index contributed by atoms with van der Waals surface area (Å²) >= 11 is 4.99. The zero-order chi connectivity index (χ0) is 13.1. The molecule has 2 aromatic rings. The highest BCUT2D eigenvalue weighted by Crippen LogP contribution is 2.22. The molecule has 0 spiro atoms. The molecule has 0 unspecified atom stereocenters. The van der Waals surface area contributed by atoms with Crippen molar-refractivity contribution >= 4 is 38.9 Å². The van der Waals surface area contributed by atoms with Crippen molar-refractivity contribution in [3.05, 3.63) is 42.9 Å². The number of rotatable bonds is 3. The highest BCUT2D eigenvalue weighted by atomic mass is 79.9. The van der Waals surface area contributed by atoms with Crippen molar-refractivity contribution in [3.8, 4) is 0 Å². The smallest absolute Gasteiger partial charge is 0.252 e. The van der Waals surface area contributed by atoms with Crippen LogP contribution in [0.3, 0.4) is 0 Å². The van der Waals surface area contributed by atoms with E-state index in [9.17, 15) is 4.79 Å². The van der Waals surface area contributed by atoms with Gasteiger partial charge < -0.3 is 0 Å². The number of aromatic nitrogens is 2. The van der Waals surface area contributed by atoms with E-state index >= 15 is 0 Å². The number of nitrogens with one attached hydrogen (secondary N) is 2. The molecule has 5 nitrogen and oxygen atoms in total. The van der Waals surface area contributed by atoms with E-state index in [2.05, 4.69) is 36.4 Å². The van der Waals surface area contributed by atoms with Crippen LogP contribution in [0.5, 0.6) is 0 Å². The summed E-state index contributed by atoms with van der Waals surface area (Å²) < 4.78 is 1.05. The molecule has 2 heterocycles. The van der Waals surface area contributed by atoms with Crippen molar-refractivity contribution in [2.45, 2.75) is 13.8 Å². The van der Waals surface area contributed by atoms with Gasteiger partial charge in [0.2, 0.25) is 5.95 Å². The fraction of sp³-hybridized carbons (Fsp3) is 0.182. The lowest BCUT2D eigenvalue weighted by atomic mass is 10.3. The van der Waals surface area contributed by atoms with Gasteiger partial charge in [-0.05, 0) is 41.9 Å². The molecule has 2 aromatic heterocycles. The first-order valence-electron chi connectivity index (χ1n) is 5.18. The van der Waals surface area contributed by atoms with Gasteiger partial charge >= 0.3 is 0 Å². The van der Waals surface area contributed by atoms with E-state index in [1.165, 1.54) is 6.07 Å². The number of hydrogen-bond donors (Lipinski definition) is 2. The van der Waals surface area contributed by atoms with E-state index < -0.39 is 0 Å². The maximum atomic E-state index is 11.2. The number of H-pyrrole nitrogens is 1. The Morgan fingerprint density at radius 2 is 2.33 bits per heavy atom. The normalized spacial score (nSPS) is 11.6. The molecule has 0 aliphatic rings. The molecule has 0 bridgehead atoms. The quantitative estimate of drug-likeness (QED) is 0.673. The fourth-order valence-electron chi connectivity index (χ4n) is 1.33. The molecule has 0 aliphatic heterocycles. The Morgan fingerprint density at radius 1 is 1.56 bits per heavy atom. The van der Waals surface area contributed by atoms with Gasteiger partial charge in [0.15, 0.2) is 0 Å². The molecule has 0 aromatic carbocycles. The van der Waals surface area contributed by atoms with Crippen LogP contribution in [0.15, 0.2) is 31.9 Å². The van der Waals surface area contributed by atoms with Crippen LogP contribution in [0.2, 0.25) is 0 Å². The number of anilines is 1. The number of nitrogens with zero attached hydrogens (tertiary/aromatic N) is 2. The molecule has 2 N–H and O–H groups in total. The Hall–Kier alpha value is -1.47. The van der Waals surface area contributed by atoms with Gasteiger partial charge in [-0.25, -0.2) is 10.4 Å². The van der Waals surface area contributed by atoms with Crippen molar-refractivity contribution in [1.29, 1.82) is 0 Å². The second kappa shape index (κ2) is 5.45. The predicted molar refractivity (Wildman–Crippen MR) is 77.4 cm³/mol. The number of hydrazone groups is 1. The first kappa shape index (κ1) is 13.0. The molecule has 94 valence electrons. The molecule has 2 rings (SSSR count). The number of halogens is 1. The average Bonchev–Trinajstić information content (AvgIpc) is 2.71. The van der Waals surface area contributed by atoms with Crippen LogP contribution in [0.25, 0.3) is 0 Å². The molecular formula is C11H11BrN4OS. The van der Waals surface area contributed by atoms with Crippen LogP contribution in [0, 0.1) is 6.92 Å². The molecule has 0 aliphatic carbocycles. The Kier molecular flexibility index (Phi) is 3.93. The largest absolute Gasteiger partial charge is 0.291 e. The summed E-state index contributed by atoms with van der Waals surface area (Å²) in [5.41, 5.74) is 4.02. The maximum Gasteiger partial charge on any atom is 0.252 e. The monoisotopic (exact) mass is 326 g/mol. The highest BCUT2D eigenvalue weighted by Gasteiger charge is 2.02. The lowest BCUT2D eigenvalue weighted by Gasteiger charge is -2.01. The van der Waals surface area contributed by atoms with Crippen LogP contribution < -0.4 is 11.0 Å². The van der Waals surface area contributed by atoms with E-state index in [4.69, 9.17) is 0 Å². The second-order valence-electron chi connectivity index (χ2n) is 3.65. The van der Waals surface area contributed by atoms with Gasteiger partial charge in [0, 0.05) is 11.8 Å². The summed E-state index contributed by atoms with van der Waals surface area (Å²) in [5, 5.41) is 4.18. The first-order chi connectivity index (χ1) is 8.54. The standard InChI is InChI=1S/C11H11BrN4OS/c1-6-5-10(17)14-11(13-6)16-15-7(2)8-3-4-9(12)18-8/h3-5H,1-2H3,(H2,13,14,16,17)/b15-7-. The van der Waals surface area contributed by atoms with Crippen LogP contribution in [-0.2, 0) is 0 Å². The van der Waals surface area contributed by atoms with Gasteiger partial charge in [-0.3, -0.25) is 9.78 Å². The minimum Gasteiger partial charge on any atom is -0.291 e.